The molecule has 78 valence electrons. The van der Waals surface area contributed by atoms with Crippen LogP contribution in [-0.4, -0.2) is 29.9 Å². The average molecular weight is 194 g/mol. The molecule has 14 heavy (non-hydrogen) atoms. The Hall–Kier alpha value is -0.830. The van der Waals surface area contributed by atoms with Crippen LogP contribution < -0.4 is 5.73 Å². The van der Waals surface area contributed by atoms with E-state index in [-0.39, 0.29) is 17.9 Å². The number of hydrogen-bond donors (Lipinski definition) is 1. The highest BCUT2D eigenvalue weighted by Gasteiger charge is 2.32. The lowest BCUT2D eigenvalue weighted by Gasteiger charge is -2.27. The number of amides is 1. The van der Waals surface area contributed by atoms with Crippen molar-refractivity contribution in [3.63, 3.8) is 0 Å². The summed E-state index contributed by atoms with van der Waals surface area (Å²) < 4.78 is 0. The van der Waals surface area contributed by atoms with Crippen molar-refractivity contribution in [3.8, 4) is 0 Å². The fourth-order valence-electron chi connectivity index (χ4n) is 2.37. The van der Waals surface area contributed by atoms with Gasteiger partial charge >= 0.3 is 0 Å². The summed E-state index contributed by atoms with van der Waals surface area (Å²) in [7, 11) is 0. The molecule has 0 aromatic carbocycles. The Labute approximate surface area is 84.9 Å². The van der Waals surface area contributed by atoms with Crippen LogP contribution in [0.4, 0.5) is 0 Å². The lowest BCUT2D eigenvalue weighted by atomic mass is 10.0. The highest BCUT2D eigenvalue weighted by Crippen LogP contribution is 2.26. The maximum absolute atomic E-state index is 12.0. The molecule has 2 aliphatic rings. The zero-order valence-electron chi connectivity index (χ0n) is 8.48. The Balaban J connectivity index is 1.96. The standard InChI is InChI=1S/C11H18N2O/c12-10-6-4-5-9(10)11(14)13-7-2-1-3-8-13/h1-2,9-10H,3-8,12H2. The summed E-state index contributed by atoms with van der Waals surface area (Å²) in [5.74, 6) is 0.376. The predicted molar refractivity (Wildman–Crippen MR) is 55.7 cm³/mol. The second kappa shape index (κ2) is 4.13. The molecule has 1 amide bonds. The topological polar surface area (TPSA) is 46.3 Å². The molecule has 0 aromatic rings. The molecule has 1 aliphatic heterocycles. The molecule has 2 N–H and O–H groups in total. The quantitative estimate of drug-likeness (QED) is 0.630. The molecule has 1 fully saturated rings. The van der Waals surface area contributed by atoms with E-state index in [9.17, 15) is 4.79 Å². The lowest BCUT2D eigenvalue weighted by molar-refractivity contribution is -0.135. The number of rotatable bonds is 1. The first kappa shape index (κ1) is 9.71. The van der Waals surface area contributed by atoms with Gasteiger partial charge in [0.1, 0.15) is 0 Å². The van der Waals surface area contributed by atoms with E-state index in [1.54, 1.807) is 0 Å². The average Bonchev–Trinajstić information content (AvgIpc) is 2.65. The number of nitrogens with two attached hydrogens (primary N) is 1. The Bertz CT molecular complexity index is 250. The van der Waals surface area contributed by atoms with E-state index in [1.807, 2.05) is 4.90 Å². The van der Waals surface area contributed by atoms with Gasteiger partial charge in [-0.3, -0.25) is 4.79 Å². The van der Waals surface area contributed by atoms with Crippen molar-refractivity contribution in [2.45, 2.75) is 31.7 Å². The number of carbonyl (C=O) groups excluding carboxylic acids is 1. The van der Waals surface area contributed by atoms with Crippen molar-refractivity contribution in [2.75, 3.05) is 13.1 Å². The van der Waals surface area contributed by atoms with Crippen LogP contribution in [-0.2, 0) is 4.79 Å². The Morgan fingerprint density at radius 2 is 2.21 bits per heavy atom. The third-order valence-electron chi connectivity index (χ3n) is 3.26. The third-order valence-corrected chi connectivity index (χ3v) is 3.26. The summed E-state index contributed by atoms with van der Waals surface area (Å²) in [6.07, 6.45) is 8.31. The molecule has 0 spiro atoms. The number of hydrogen-bond acceptors (Lipinski definition) is 2. The highest BCUT2D eigenvalue weighted by atomic mass is 16.2. The van der Waals surface area contributed by atoms with Crippen molar-refractivity contribution in [3.05, 3.63) is 12.2 Å². The van der Waals surface area contributed by atoms with Gasteiger partial charge in [-0.2, -0.15) is 0 Å². The molecular formula is C11H18N2O. The minimum absolute atomic E-state index is 0.0986. The van der Waals surface area contributed by atoms with Gasteiger partial charge in [0.25, 0.3) is 0 Å². The van der Waals surface area contributed by atoms with Crippen molar-refractivity contribution in [2.24, 2.45) is 11.7 Å². The minimum Gasteiger partial charge on any atom is -0.338 e. The van der Waals surface area contributed by atoms with E-state index in [2.05, 4.69) is 12.2 Å². The fourth-order valence-corrected chi connectivity index (χ4v) is 2.37. The molecule has 2 rings (SSSR count). The molecule has 2 unspecified atom stereocenters. The van der Waals surface area contributed by atoms with E-state index in [0.29, 0.717) is 0 Å². The summed E-state index contributed by atoms with van der Waals surface area (Å²) in [4.78, 5) is 14.0. The second-order valence-electron chi connectivity index (χ2n) is 4.25. The van der Waals surface area contributed by atoms with Gasteiger partial charge in [0.05, 0.1) is 5.92 Å². The Morgan fingerprint density at radius 1 is 1.36 bits per heavy atom. The molecule has 1 heterocycles. The number of carbonyl (C=O) groups is 1. The largest absolute Gasteiger partial charge is 0.338 e. The van der Waals surface area contributed by atoms with Crippen LogP contribution in [0.15, 0.2) is 12.2 Å². The van der Waals surface area contributed by atoms with Crippen molar-refractivity contribution in [1.82, 2.24) is 4.90 Å². The molecule has 1 aliphatic carbocycles. The minimum atomic E-state index is 0.0986. The molecule has 2 atom stereocenters. The highest BCUT2D eigenvalue weighted by molar-refractivity contribution is 5.80. The normalized spacial score (nSPS) is 32.2. The van der Waals surface area contributed by atoms with Crippen LogP contribution in [0.25, 0.3) is 0 Å². The Kier molecular flexibility index (Phi) is 2.87. The van der Waals surface area contributed by atoms with Crippen molar-refractivity contribution >= 4 is 5.91 Å². The van der Waals surface area contributed by atoms with E-state index < -0.39 is 0 Å². The van der Waals surface area contributed by atoms with Crippen LogP contribution in [0.3, 0.4) is 0 Å². The van der Waals surface area contributed by atoms with Crippen molar-refractivity contribution in [1.29, 1.82) is 0 Å². The molecule has 3 nitrogen and oxygen atoms in total. The van der Waals surface area contributed by atoms with E-state index in [4.69, 9.17) is 5.73 Å². The van der Waals surface area contributed by atoms with Crippen LogP contribution in [0.5, 0.6) is 0 Å². The lowest BCUT2D eigenvalue weighted by Crippen LogP contribution is -2.43. The van der Waals surface area contributed by atoms with E-state index >= 15 is 0 Å². The number of nitrogens with zero attached hydrogens (tertiary/aromatic N) is 1. The molecule has 0 aromatic heterocycles. The van der Waals surface area contributed by atoms with Gasteiger partial charge in [-0.1, -0.05) is 18.6 Å². The first-order chi connectivity index (χ1) is 6.79. The first-order valence-electron chi connectivity index (χ1n) is 5.48. The maximum atomic E-state index is 12.0. The summed E-state index contributed by atoms with van der Waals surface area (Å²) >= 11 is 0. The zero-order chi connectivity index (χ0) is 9.97. The van der Waals surface area contributed by atoms with Crippen LogP contribution >= 0.6 is 0 Å². The van der Waals surface area contributed by atoms with Gasteiger partial charge in [-0.25, -0.2) is 0 Å². The summed E-state index contributed by atoms with van der Waals surface area (Å²) in [6, 6.07) is 0.105. The second-order valence-corrected chi connectivity index (χ2v) is 4.25. The van der Waals surface area contributed by atoms with Gasteiger partial charge in [0.2, 0.25) is 5.91 Å². The van der Waals surface area contributed by atoms with Crippen LogP contribution in [0.1, 0.15) is 25.7 Å². The van der Waals surface area contributed by atoms with Gasteiger partial charge in [0.15, 0.2) is 0 Å². The summed E-state index contributed by atoms with van der Waals surface area (Å²) in [5.41, 5.74) is 5.92. The molecule has 1 saturated carbocycles. The predicted octanol–water partition coefficient (Wildman–Crippen LogP) is 0.902. The third kappa shape index (κ3) is 1.82. The van der Waals surface area contributed by atoms with Gasteiger partial charge < -0.3 is 10.6 Å². The molecule has 0 bridgehead atoms. The first-order valence-corrected chi connectivity index (χ1v) is 5.48. The van der Waals surface area contributed by atoms with Gasteiger partial charge in [0, 0.05) is 19.1 Å². The van der Waals surface area contributed by atoms with Crippen molar-refractivity contribution < 1.29 is 4.79 Å². The van der Waals surface area contributed by atoms with Crippen LogP contribution in [0, 0.1) is 5.92 Å². The van der Waals surface area contributed by atoms with E-state index in [0.717, 1.165) is 38.8 Å². The Morgan fingerprint density at radius 3 is 2.79 bits per heavy atom. The van der Waals surface area contributed by atoms with Gasteiger partial charge in [-0.05, 0) is 19.3 Å². The molecule has 0 saturated heterocycles. The van der Waals surface area contributed by atoms with Crippen LogP contribution in [0.2, 0.25) is 0 Å². The fraction of sp³-hybridized carbons (Fsp3) is 0.727. The zero-order valence-corrected chi connectivity index (χ0v) is 8.48. The molecule has 3 heteroatoms. The molecular weight excluding hydrogens is 176 g/mol. The maximum Gasteiger partial charge on any atom is 0.227 e. The van der Waals surface area contributed by atoms with E-state index in [1.165, 1.54) is 0 Å². The monoisotopic (exact) mass is 194 g/mol. The SMILES string of the molecule is NC1CCCC1C(=O)N1CC=CCC1. The smallest absolute Gasteiger partial charge is 0.227 e. The summed E-state index contributed by atoms with van der Waals surface area (Å²) in [6.45, 7) is 1.65. The molecule has 0 radical (unpaired) electrons. The van der Waals surface area contributed by atoms with Gasteiger partial charge in [-0.15, -0.1) is 0 Å². The summed E-state index contributed by atoms with van der Waals surface area (Å²) in [5, 5.41) is 0.